The Kier molecular flexibility index (Phi) is 4.96. The molecule has 0 N–H and O–H groups in total. The number of fused-ring (bicyclic) bond motifs is 2. The first-order valence-corrected chi connectivity index (χ1v) is 9.93. The van der Waals surface area contributed by atoms with Crippen molar-refractivity contribution in [2.75, 3.05) is 19.9 Å². The Morgan fingerprint density at radius 2 is 1.83 bits per heavy atom. The Morgan fingerprint density at radius 3 is 2.80 bits per heavy atom. The molecule has 3 aromatic rings. The molecule has 0 bridgehead atoms. The van der Waals surface area contributed by atoms with Crippen LogP contribution in [0, 0.1) is 0 Å². The Hall–Kier alpha value is -3.55. The number of carbonyl (C=O) groups excluding carboxylic acids is 1. The van der Waals surface area contributed by atoms with E-state index >= 15 is 0 Å². The second kappa shape index (κ2) is 8.06. The maximum Gasteiger partial charge on any atom is 0.231 e. The van der Waals surface area contributed by atoms with Gasteiger partial charge >= 0.3 is 0 Å². The number of amides is 1. The molecule has 0 spiro atoms. The predicted molar refractivity (Wildman–Crippen MR) is 105 cm³/mol. The number of hydrogen-bond donors (Lipinski definition) is 0. The van der Waals surface area contributed by atoms with Gasteiger partial charge in [-0.3, -0.25) is 4.79 Å². The Morgan fingerprint density at radius 1 is 0.967 bits per heavy atom. The minimum atomic E-state index is 0.0471. The molecule has 8 heteroatoms. The molecule has 154 valence electrons. The second-order valence-electron chi connectivity index (χ2n) is 7.23. The van der Waals surface area contributed by atoms with Gasteiger partial charge in [0.15, 0.2) is 11.5 Å². The molecule has 1 amide bonds. The lowest BCUT2D eigenvalue weighted by atomic mass is 10.1. The van der Waals surface area contributed by atoms with E-state index in [1.807, 2.05) is 47.4 Å². The topological polar surface area (TPSA) is 86.9 Å². The molecule has 0 atom stereocenters. The van der Waals surface area contributed by atoms with Gasteiger partial charge in [-0.2, -0.15) is 0 Å². The zero-order chi connectivity index (χ0) is 20.3. The van der Waals surface area contributed by atoms with Crippen LogP contribution in [-0.4, -0.2) is 40.9 Å². The van der Waals surface area contributed by atoms with Gasteiger partial charge in [0, 0.05) is 24.9 Å². The zero-order valence-electron chi connectivity index (χ0n) is 16.4. The minimum absolute atomic E-state index is 0.0471. The average Bonchev–Trinajstić information content (AvgIpc) is 3.35. The maximum atomic E-state index is 12.7. The molecule has 0 aliphatic carbocycles. The number of carbonyl (C=O) groups is 1. The van der Waals surface area contributed by atoms with Crippen molar-refractivity contribution >= 4 is 5.91 Å². The number of benzene rings is 2. The fourth-order valence-electron chi connectivity index (χ4n) is 3.60. The van der Waals surface area contributed by atoms with Gasteiger partial charge in [0.2, 0.25) is 24.5 Å². The summed E-state index contributed by atoms with van der Waals surface area (Å²) in [6, 6.07) is 13.5. The smallest absolute Gasteiger partial charge is 0.231 e. The van der Waals surface area contributed by atoms with Crippen LogP contribution < -0.4 is 14.2 Å². The summed E-state index contributed by atoms with van der Waals surface area (Å²) in [6.07, 6.45) is 1.22. The third kappa shape index (κ3) is 3.94. The SMILES string of the molecule is O=C(CCc1nnc(Cc2ccc3c(c2)OCO3)o1)N1CCOc2ccccc2C1. The molecular formula is C22H21N3O5. The van der Waals surface area contributed by atoms with Crippen LogP contribution >= 0.6 is 0 Å². The monoisotopic (exact) mass is 407 g/mol. The number of para-hydroxylation sites is 1. The third-order valence-electron chi connectivity index (χ3n) is 5.16. The lowest BCUT2D eigenvalue weighted by Gasteiger charge is -2.19. The molecule has 2 aliphatic rings. The molecule has 3 heterocycles. The molecule has 0 saturated carbocycles. The van der Waals surface area contributed by atoms with Crippen LogP contribution in [0.15, 0.2) is 46.9 Å². The first kappa shape index (κ1) is 18.5. The molecule has 8 nitrogen and oxygen atoms in total. The highest BCUT2D eigenvalue weighted by molar-refractivity contribution is 5.76. The maximum absolute atomic E-state index is 12.7. The lowest BCUT2D eigenvalue weighted by Crippen LogP contribution is -2.32. The largest absolute Gasteiger partial charge is 0.491 e. The van der Waals surface area contributed by atoms with E-state index in [1.54, 1.807) is 0 Å². The summed E-state index contributed by atoms with van der Waals surface area (Å²) in [6.45, 7) is 1.84. The Balaban J connectivity index is 1.17. The summed E-state index contributed by atoms with van der Waals surface area (Å²) >= 11 is 0. The van der Waals surface area contributed by atoms with E-state index in [-0.39, 0.29) is 12.7 Å². The van der Waals surface area contributed by atoms with E-state index in [4.69, 9.17) is 18.6 Å². The van der Waals surface area contributed by atoms with Gasteiger partial charge in [0.1, 0.15) is 12.4 Å². The highest BCUT2D eigenvalue weighted by atomic mass is 16.7. The van der Waals surface area contributed by atoms with Crippen molar-refractivity contribution in [3.63, 3.8) is 0 Å². The fraction of sp³-hybridized carbons (Fsp3) is 0.318. The summed E-state index contributed by atoms with van der Waals surface area (Å²) in [5.74, 6) is 3.33. The summed E-state index contributed by atoms with van der Waals surface area (Å²) in [7, 11) is 0. The van der Waals surface area contributed by atoms with Crippen LogP contribution in [0.1, 0.15) is 29.3 Å². The van der Waals surface area contributed by atoms with Crippen LogP contribution in [0.3, 0.4) is 0 Å². The third-order valence-corrected chi connectivity index (χ3v) is 5.16. The standard InChI is InChI=1S/C22H21N3O5/c26-22(25-9-10-27-17-4-2-1-3-16(17)13-25)8-7-20-23-24-21(30-20)12-15-5-6-18-19(11-15)29-14-28-18/h1-6,11H,7-10,12-14H2. The van der Waals surface area contributed by atoms with Crippen molar-refractivity contribution in [2.45, 2.75) is 25.8 Å². The predicted octanol–water partition coefficient (Wildman–Crippen LogP) is 2.74. The molecule has 1 aromatic heterocycles. The molecule has 0 unspecified atom stereocenters. The van der Waals surface area contributed by atoms with Gasteiger partial charge < -0.3 is 23.5 Å². The van der Waals surface area contributed by atoms with Crippen molar-refractivity contribution < 1.29 is 23.4 Å². The van der Waals surface area contributed by atoms with Gasteiger partial charge in [0.25, 0.3) is 0 Å². The Labute approximate surface area is 173 Å². The van der Waals surface area contributed by atoms with E-state index in [2.05, 4.69) is 10.2 Å². The average molecular weight is 407 g/mol. The zero-order valence-corrected chi connectivity index (χ0v) is 16.4. The number of rotatable bonds is 5. The molecule has 0 radical (unpaired) electrons. The van der Waals surface area contributed by atoms with Crippen LogP contribution in [0.5, 0.6) is 17.2 Å². The number of nitrogens with zero attached hydrogens (tertiary/aromatic N) is 3. The van der Waals surface area contributed by atoms with Crippen molar-refractivity contribution in [3.8, 4) is 17.2 Å². The molecule has 2 aromatic carbocycles. The van der Waals surface area contributed by atoms with Gasteiger partial charge in [0.05, 0.1) is 13.0 Å². The van der Waals surface area contributed by atoms with E-state index in [0.29, 0.717) is 50.7 Å². The van der Waals surface area contributed by atoms with Gasteiger partial charge in [-0.25, -0.2) is 0 Å². The fourth-order valence-corrected chi connectivity index (χ4v) is 3.60. The number of aryl methyl sites for hydroxylation is 1. The number of ether oxygens (including phenoxy) is 3. The molecule has 0 saturated heterocycles. The van der Waals surface area contributed by atoms with E-state index < -0.39 is 0 Å². The molecule has 2 aliphatic heterocycles. The van der Waals surface area contributed by atoms with Gasteiger partial charge in [-0.05, 0) is 23.8 Å². The highest BCUT2D eigenvalue weighted by Crippen LogP contribution is 2.33. The highest BCUT2D eigenvalue weighted by Gasteiger charge is 2.20. The summed E-state index contributed by atoms with van der Waals surface area (Å²) in [5.41, 5.74) is 2.01. The minimum Gasteiger partial charge on any atom is -0.491 e. The van der Waals surface area contributed by atoms with Crippen LogP contribution in [0.4, 0.5) is 0 Å². The van der Waals surface area contributed by atoms with Crippen molar-refractivity contribution in [2.24, 2.45) is 0 Å². The molecular weight excluding hydrogens is 386 g/mol. The summed E-state index contributed by atoms with van der Waals surface area (Å²) in [5, 5.41) is 8.19. The normalized spacial score (nSPS) is 14.7. The first-order chi connectivity index (χ1) is 14.7. The number of aromatic nitrogens is 2. The summed E-state index contributed by atoms with van der Waals surface area (Å²) < 4.78 is 22.2. The van der Waals surface area contributed by atoms with Crippen LogP contribution in [-0.2, 0) is 24.2 Å². The second-order valence-corrected chi connectivity index (χ2v) is 7.23. The van der Waals surface area contributed by atoms with E-state index in [0.717, 1.165) is 28.4 Å². The van der Waals surface area contributed by atoms with Crippen molar-refractivity contribution in [3.05, 3.63) is 65.4 Å². The van der Waals surface area contributed by atoms with Gasteiger partial charge in [-0.15, -0.1) is 10.2 Å². The van der Waals surface area contributed by atoms with Crippen LogP contribution in [0.2, 0.25) is 0 Å². The quantitative estimate of drug-likeness (QED) is 0.643. The number of hydrogen-bond acceptors (Lipinski definition) is 7. The van der Waals surface area contributed by atoms with E-state index in [1.165, 1.54) is 0 Å². The van der Waals surface area contributed by atoms with Crippen LogP contribution in [0.25, 0.3) is 0 Å². The molecule has 30 heavy (non-hydrogen) atoms. The van der Waals surface area contributed by atoms with E-state index in [9.17, 15) is 4.79 Å². The first-order valence-electron chi connectivity index (χ1n) is 9.93. The van der Waals surface area contributed by atoms with Crippen molar-refractivity contribution in [1.29, 1.82) is 0 Å². The van der Waals surface area contributed by atoms with Gasteiger partial charge in [-0.1, -0.05) is 24.3 Å². The lowest BCUT2D eigenvalue weighted by molar-refractivity contribution is -0.132. The Bertz CT molecular complexity index is 1060. The summed E-state index contributed by atoms with van der Waals surface area (Å²) in [4.78, 5) is 14.5. The van der Waals surface area contributed by atoms with Crippen molar-refractivity contribution in [1.82, 2.24) is 15.1 Å². The molecule has 5 rings (SSSR count). The molecule has 0 fully saturated rings.